The Morgan fingerprint density at radius 3 is 2.59 bits per heavy atom. The molecule has 1 aromatic rings. The summed E-state index contributed by atoms with van der Waals surface area (Å²) in [5.74, 6) is -0.559. The highest BCUT2D eigenvalue weighted by atomic mass is 16.5. The highest BCUT2D eigenvalue weighted by molar-refractivity contribution is 5.95. The van der Waals surface area contributed by atoms with Crippen LogP contribution in [0.4, 0.5) is 0 Å². The number of carbonyl (C=O) groups is 2. The summed E-state index contributed by atoms with van der Waals surface area (Å²) in [7, 11) is 0. The van der Waals surface area contributed by atoms with E-state index in [1.54, 1.807) is 13.0 Å². The molecule has 1 rings (SSSR count). The molecule has 0 aliphatic heterocycles. The normalized spacial score (nSPS) is 10.4. The third-order valence-electron chi connectivity index (χ3n) is 2.19. The van der Waals surface area contributed by atoms with Gasteiger partial charge in [-0.3, -0.25) is 9.59 Å². The Kier molecular flexibility index (Phi) is 5.72. The van der Waals surface area contributed by atoms with E-state index in [1.807, 2.05) is 36.4 Å². The fourth-order valence-corrected chi connectivity index (χ4v) is 1.23. The van der Waals surface area contributed by atoms with E-state index in [9.17, 15) is 9.59 Å². The molecule has 3 heteroatoms. The first-order valence-corrected chi connectivity index (χ1v) is 5.61. The van der Waals surface area contributed by atoms with Crippen LogP contribution in [-0.4, -0.2) is 18.4 Å². The van der Waals surface area contributed by atoms with E-state index in [-0.39, 0.29) is 18.8 Å². The maximum absolute atomic E-state index is 11.1. The second-order valence-corrected chi connectivity index (χ2v) is 3.57. The first kappa shape index (κ1) is 13.2. The number of hydrogen-bond acceptors (Lipinski definition) is 3. The van der Waals surface area contributed by atoms with Crippen LogP contribution < -0.4 is 0 Å². The van der Waals surface area contributed by atoms with Crippen LogP contribution in [0.25, 0.3) is 6.08 Å². The number of Topliss-reactive ketones (excluding diaryl/α,β-unsaturated/α-hetero) is 1. The van der Waals surface area contributed by atoms with Crippen LogP contribution in [0, 0.1) is 0 Å². The smallest absolute Gasteiger partial charge is 0.313 e. The van der Waals surface area contributed by atoms with E-state index in [0.717, 1.165) is 5.56 Å². The van der Waals surface area contributed by atoms with Crippen LogP contribution >= 0.6 is 0 Å². The average Bonchev–Trinajstić information content (AvgIpc) is 2.36. The lowest BCUT2D eigenvalue weighted by atomic mass is 10.2. The predicted octanol–water partition coefficient (Wildman–Crippen LogP) is 2.61. The Balaban J connectivity index is 2.26. The fourth-order valence-electron chi connectivity index (χ4n) is 1.23. The Bertz CT molecular complexity index is 393. The van der Waals surface area contributed by atoms with Crippen molar-refractivity contribution in [2.45, 2.75) is 19.8 Å². The summed E-state index contributed by atoms with van der Waals surface area (Å²) in [4.78, 5) is 22.1. The highest BCUT2D eigenvalue weighted by Gasteiger charge is 2.07. The lowest BCUT2D eigenvalue weighted by Crippen LogP contribution is -2.10. The van der Waals surface area contributed by atoms with Gasteiger partial charge in [-0.1, -0.05) is 43.3 Å². The Morgan fingerprint density at radius 2 is 1.94 bits per heavy atom. The van der Waals surface area contributed by atoms with Crippen molar-refractivity contribution in [2.24, 2.45) is 0 Å². The van der Waals surface area contributed by atoms with E-state index in [1.165, 1.54) is 0 Å². The molecule has 0 amide bonds. The molecule has 0 N–H and O–H groups in total. The highest BCUT2D eigenvalue weighted by Crippen LogP contribution is 2.01. The lowest BCUT2D eigenvalue weighted by molar-refractivity contribution is -0.144. The third-order valence-corrected chi connectivity index (χ3v) is 2.19. The molecular weight excluding hydrogens is 216 g/mol. The van der Waals surface area contributed by atoms with E-state index >= 15 is 0 Å². The number of carbonyl (C=O) groups excluding carboxylic acids is 2. The van der Waals surface area contributed by atoms with Crippen LogP contribution in [0.1, 0.15) is 25.3 Å². The predicted molar refractivity (Wildman–Crippen MR) is 66.4 cm³/mol. The molecule has 0 fully saturated rings. The summed E-state index contributed by atoms with van der Waals surface area (Å²) in [6, 6.07) is 9.72. The van der Waals surface area contributed by atoms with Gasteiger partial charge < -0.3 is 4.74 Å². The Hall–Kier alpha value is -1.90. The van der Waals surface area contributed by atoms with E-state index in [0.29, 0.717) is 6.42 Å². The number of ketones is 1. The molecule has 3 nitrogen and oxygen atoms in total. The third kappa shape index (κ3) is 5.66. The number of ether oxygens (including phenoxy) is 1. The Labute approximate surface area is 101 Å². The second-order valence-electron chi connectivity index (χ2n) is 3.57. The maximum atomic E-state index is 11.1. The molecule has 0 aliphatic carbocycles. The van der Waals surface area contributed by atoms with Crippen molar-refractivity contribution in [3.63, 3.8) is 0 Å². The first-order valence-electron chi connectivity index (χ1n) is 5.61. The van der Waals surface area contributed by atoms with Gasteiger partial charge in [-0.15, -0.1) is 0 Å². The zero-order chi connectivity index (χ0) is 12.5. The topological polar surface area (TPSA) is 43.4 Å². The molecule has 0 bridgehead atoms. The van der Waals surface area contributed by atoms with Gasteiger partial charge in [-0.05, 0) is 11.6 Å². The molecule has 0 saturated heterocycles. The lowest BCUT2D eigenvalue weighted by Gasteiger charge is -1.99. The summed E-state index contributed by atoms with van der Waals surface area (Å²) in [5, 5.41) is 0. The van der Waals surface area contributed by atoms with Crippen LogP contribution in [0.3, 0.4) is 0 Å². The minimum atomic E-state index is -0.463. The zero-order valence-corrected chi connectivity index (χ0v) is 9.89. The molecule has 0 atom stereocenters. The number of benzene rings is 1. The van der Waals surface area contributed by atoms with Crippen LogP contribution in [0.2, 0.25) is 0 Å². The summed E-state index contributed by atoms with van der Waals surface area (Å²) < 4.78 is 4.89. The molecule has 0 aromatic heterocycles. The van der Waals surface area contributed by atoms with Gasteiger partial charge in [0.1, 0.15) is 18.8 Å². The summed E-state index contributed by atoms with van der Waals surface area (Å²) in [5.41, 5.74) is 1.05. The molecule has 0 saturated carbocycles. The van der Waals surface area contributed by atoms with Crippen LogP contribution in [-0.2, 0) is 14.3 Å². The minimum Gasteiger partial charge on any atom is -0.461 e. The van der Waals surface area contributed by atoms with Gasteiger partial charge in [0.25, 0.3) is 0 Å². The standard InChI is InChI=1S/C14H16O3/c1-2-13(15)11-14(16)17-10-6-9-12-7-4-3-5-8-12/h3-9H,2,10-11H2,1H3/b9-6+. The number of esters is 1. The second kappa shape index (κ2) is 7.39. The molecule has 0 heterocycles. The van der Waals surface area contributed by atoms with Gasteiger partial charge in [0.05, 0.1) is 0 Å². The maximum Gasteiger partial charge on any atom is 0.313 e. The zero-order valence-electron chi connectivity index (χ0n) is 9.89. The Morgan fingerprint density at radius 1 is 1.24 bits per heavy atom. The molecule has 0 unspecified atom stereocenters. The molecule has 0 aliphatic rings. The minimum absolute atomic E-state index is 0.0953. The van der Waals surface area contributed by atoms with Gasteiger partial charge in [0, 0.05) is 6.42 Å². The first-order chi connectivity index (χ1) is 8.22. The summed E-state index contributed by atoms with van der Waals surface area (Å²) >= 11 is 0. The van der Waals surface area contributed by atoms with E-state index in [2.05, 4.69) is 0 Å². The van der Waals surface area contributed by atoms with Crippen molar-refractivity contribution in [1.82, 2.24) is 0 Å². The molecule has 17 heavy (non-hydrogen) atoms. The van der Waals surface area contributed by atoms with Crippen molar-refractivity contribution in [2.75, 3.05) is 6.61 Å². The summed E-state index contributed by atoms with van der Waals surface area (Å²) in [6.45, 7) is 1.93. The van der Waals surface area contributed by atoms with E-state index in [4.69, 9.17) is 4.74 Å². The molecular formula is C14H16O3. The van der Waals surface area contributed by atoms with Gasteiger partial charge in [-0.2, -0.15) is 0 Å². The van der Waals surface area contributed by atoms with Crippen LogP contribution in [0.15, 0.2) is 36.4 Å². The molecule has 1 aromatic carbocycles. The number of rotatable bonds is 6. The SMILES string of the molecule is CCC(=O)CC(=O)OC/C=C/c1ccccc1. The van der Waals surface area contributed by atoms with Crippen molar-refractivity contribution in [1.29, 1.82) is 0 Å². The van der Waals surface area contributed by atoms with Gasteiger partial charge in [0.2, 0.25) is 0 Å². The van der Waals surface area contributed by atoms with Crippen LogP contribution in [0.5, 0.6) is 0 Å². The van der Waals surface area contributed by atoms with Crippen molar-refractivity contribution < 1.29 is 14.3 Å². The largest absolute Gasteiger partial charge is 0.461 e. The van der Waals surface area contributed by atoms with Crippen molar-refractivity contribution in [3.8, 4) is 0 Å². The average molecular weight is 232 g/mol. The summed E-state index contributed by atoms with van der Waals surface area (Å²) in [6.07, 6.45) is 3.86. The van der Waals surface area contributed by atoms with Gasteiger partial charge >= 0.3 is 5.97 Å². The van der Waals surface area contributed by atoms with Crippen molar-refractivity contribution >= 4 is 17.8 Å². The van der Waals surface area contributed by atoms with E-state index < -0.39 is 5.97 Å². The fraction of sp³-hybridized carbons (Fsp3) is 0.286. The monoisotopic (exact) mass is 232 g/mol. The van der Waals surface area contributed by atoms with Crippen molar-refractivity contribution in [3.05, 3.63) is 42.0 Å². The van der Waals surface area contributed by atoms with Gasteiger partial charge in [0.15, 0.2) is 0 Å². The molecule has 90 valence electrons. The quantitative estimate of drug-likeness (QED) is 0.559. The number of hydrogen-bond donors (Lipinski definition) is 0. The van der Waals surface area contributed by atoms with Gasteiger partial charge in [-0.25, -0.2) is 0 Å². The molecule has 0 radical (unpaired) electrons. The molecule has 0 spiro atoms.